The third-order valence-corrected chi connectivity index (χ3v) is 3.55. The number of unbranched alkanes of at least 4 members (excludes halogenated alkanes) is 5. The Bertz CT molecular complexity index is 421. The van der Waals surface area contributed by atoms with Crippen molar-refractivity contribution in [2.45, 2.75) is 51.9 Å². The summed E-state index contributed by atoms with van der Waals surface area (Å²) in [4.78, 5) is 10.8. The Labute approximate surface area is 133 Å². The number of carboxylic acid groups (broad SMARTS) is 1. The van der Waals surface area contributed by atoms with Crippen molar-refractivity contribution in [3.05, 3.63) is 29.8 Å². The highest BCUT2D eigenvalue weighted by atomic mass is 16.5. The highest BCUT2D eigenvalue weighted by molar-refractivity contribution is 5.87. The number of carboxylic acids is 1. The van der Waals surface area contributed by atoms with Crippen molar-refractivity contribution in [1.82, 2.24) is 5.32 Å². The Balaban J connectivity index is 1.97. The van der Waals surface area contributed by atoms with E-state index in [1.165, 1.54) is 38.5 Å². The van der Waals surface area contributed by atoms with E-state index >= 15 is 0 Å². The zero-order chi connectivity index (χ0) is 16.0. The summed E-state index contributed by atoms with van der Waals surface area (Å²) in [5, 5.41) is 12.3. The van der Waals surface area contributed by atoms with E-state index in [0.29, 0.717) is 12.4 Å². The topological polar surface area (TPSA) is 58.6 Å². The first-order chi connectivity index (χ1) is 10.7. The van der Waals surface area contributed by atoms with Crippen molar-refractivity contribution < 1.29 is 14.6 Å². The van der Waals surface area contributed by atoms with E-state index in [9.17, 15) is 4.79 Å². The van der Waals surface area contributed by atoms with Crippen molar-refractivity contribution in [3.63, 3.8) is 0 Å². The molecule has 0 spiro atoms. The second kappa shape index (κ2) is 12.0. The molecule has 22 heavy (non-hydrogen) atoms. The molecular formula is C18H29NO3. The number of hydrogen-bond acceptors (Lipinski definition) is 3. The van der Waals surface area contributed by atoms with E-state index in [-0.39, 0.29) is 5.56 Å². The highest BCUT2D eigenvalue weighted by Crippen LogP contribution is 2.13. The molecule has 0 heterocycles. The fraction of sp³-hybridized carbons (Fsp3) is 0.611. The zero-order valence-corrected chi connectivity index (χ0v) is 13.6. The van der Waals surface area contributed by atoms with Crippen molar-refractivity contribution >= 4 is 5.97 Å². The second-order valence-corrected chi connectivity index (χ2v) is 5.55. The second-order valence-electron chi connectivity index (χ2n) is 5.55. The van der Waals surface area contributed by atoms with Crippen LogP contribution >= 0.6 is 0 Å². The lowest BCUT2D eigenvalue weighted by atomic mass is 10.1. The van der Waals surface area contributed by atoms with Crippen LogP contribution in [0, 0.1) is 0 Å². The monoisotopic (exact) mass is 307 g/mol. The van der Waals surface area contributed by atoms with Crippen molar-refractivity contribution in [1.29, 1.82) is 0 Å². The van der Waals surface area contributed by atoms with Crippen LogP contribution in [0.15, 0.2) is 24.3 Å². The van der Waals surface area contributed by atoms with Gasteiger partial charge in [0.1, 0.15) is 5.75 Å². The normalized spacial score (nSPS) is 10.6. The quantitative estimate of drug-likeness (QED) is 0.539. The summed E-state index contributed by atoms with van der Waals surface area (Å²) >= 11 is 0. The Morgan fingerprint density at radius 2 is 1.82 bits per heavy atom. The highest BCUT2D eigenvalue weighted by Gasteiger charge is 2.03. The molecule has 0 saturated carbocycles. The summed E-state index contributed by atoms with van der Waals surface area (Å²) in [6.45, 7) is 4.85. The number of carbonyl (C=O) groups is 1. The van der Waals surface area contributed by atoms with Gasteiger partial charge >= 0.3 is 5.97 Å². The molecule has 1 rings (SSSR count). The average molecular weight is 307 g/mol. The Morgan fingerprint density at radius 3 is 2.59 bits per heavy atom. The standard InChI is InChI=1S/C18H29NO3/c1-2-3-4-5-6-7-12-19-13-9-14-22-17-11-8-10-16(15-17)18(20)21/h8,10-11,15,19H,2-7,9,12-14H2,1H3,(H,20,21). The van der Waals surface area contributed by atoms with Crippen LogP contribution in [0.25, 0.3) is 0 Å². The van der Waals surface area contributed by atoms with E-state index in [2.05, 4.69) is 12.2 Å². The summed E-state index contributed by atoms with van der Waals surface area (Å²) in [6.07, 6.45) is 8.84. The van der Waals surface area contributed by atoms with Crippen LogP contribution in [-0.2, 0) is 0 Å². The van der Waals surface area contributed by atoms with Crippen LogP contribution in [0.4, 0.5) is 0 Å². The van der Waals surface area contributed by atoms with Crippen molar-refractivity contribution in [3.8, 4) is 5.75 Å². The molecule has 4 heteroatoms. The minimum absolute atomic E-state index is 0.263. The molecule has 0 aromatic heterocycles. The van der Waals surface area contributed by atoms with E-state index in [1.807, 2.05) is 0 Å². The predicted octanol–water partition coefficient (Wildman–Crippen LogP) is 4.10. The van der Waals surface area contributed by atoms with Gasteiger partial charge in [-0.1, -0.05) is 45.1 Å². The summed E-state index contributed by atoms with van der Waals surface area (Å²) in [6, 6.07) is 6.62. The molecule has 0 saturated heterocycles. The van der Waals surface area contributed by atoms with Gasteiger partial charge in [0.2, 0.25) is 0 Å². The summed E-state index contributed by atoms with van der Waals surface area (Å²) in [5.41, 5.74) is 0.263. The summed E-state index contributed by atoms with van der Waals surface area (Å²) in [7, 11) is 0. The smallest absolute Gasteiger partial charge is 0.335 e. The summed E-state index contributed by atoms with van der Waals surface area (Å²) < 4.78 is 5.57. The number of hydrogen-bond donors (Lipinski definition) is 2. The number of aromatic carboxylic acids is 1. The van der Waals surface area contributed by atoms with E-state index in [1.54, 1.807) is 24.3 Å². The van der Waals surface area contributed by atoms with Crippen LogP contribution in [0.5, 0.6) is 5.75 Å². The minimum Gasteiger partial charge on any atom is -0.494 e. The van der Waals surface area contributed by atoms with Gasteiger partial charge in [0, 0.05) is 0 Å². The molecule has 0 fully saturated rings. The molecule has 0 atom stereocenters. The molecular weight excluding hydrogens is 278 g/mol. The molecule has 1 aromatic carbocycles. The predicted molar refractivity (Wildman–Crippen MR) is 89.8 cm³/mol. The van der Waals surface area contributed by atoms with Gasteiger partial charge in [0.15, 0.2) is 0 Å². The Morgan fingerprint density at radius 1 is 1.09 bits per heavy atom. The largest absolute Gasteiger partial charge is 0.494 e. The van der Waals surface area contributed by atoms with Gasteiger partial charge in [-0.3, -0.25) is 0 Å². The lowest BCUT2D eigenvalue weighted by molar-refractivity contribution is 0.0696. The van der Waals surface area contributed by atoms with Crippen LogP contribution in [0.3, 0.4) is 0 Å². The lowest BCUT2D eigenvalue weighted by Gasteiger charge is -2.08. The maximum Gasteiger partial charge on any atom is 0.335 e. The molecule has 0 aliphatic heterocycles. The van der Waals surface area contributed by atoms with E-state index in [0.717, 1.165) is 19.5 Å². The molecule has 0 aliphatic carbocycles. The van der Waals surface area contributed by atoms with Crippen molar-refractivity contribution in [2.24, 2.45) is 0 Å². The minimum atomic E-state index is -0.925. The fourth-order valence-corrected chi connectivity index (χ4v) is 2.26. The Kier molecular flexibility index (Phi) is 10.1. The number of rotatable bonds is 13. The first-order valence-electron chi connectivity index (χ1n) is 8.41. The zero-order valence-electron chi connectivity index (χ0n) is 13.6. The third kappa shape index (κ3) is 8.67. The van der Waals surface area contributed by atoms with E-state index < -0.39 is 5.97 Å². The van der Waals surface area contributed by atoms with Gasteiger partial charge in [-0.05, 0) is 44.1 Å². The van der Waals surface area contributed by atoms with Crippen LogP contribution < -0.4 is 10.1 Å². The fourth-order valence-electron chi connectivity index (χ4n) is 2.26. The molecule has 4 nitrogen and oxygen atoms in total. The average Bonchev–Trinajstić information content (AvgIpc) is 2.53. The van der Waals surface area contributed by atoms with Gasteiger partial charge in [-0.2, -0.15) is 0 Å². The van der Waals surface area contributed by atoms with Gasteiger partial charge in [0.25, 0.3) is 0 Å². The third-order valence-electron chi connectivity index (χ3n) is 3.55. The van der Waals surface area contributed by atoms with Crippen molar-refractivity contribution in [2.75, 3.05) is 19.7 Å². The number of nitrogens with one attached hydrogen (secondary N) is 1. The van der Waals surface area contributed by atoms with Gasteiger partial charge in [0.05, 0.1) is 12.2 Å². The molecule has 2 N–H and O–H groups in total. The van der Waals surface area contributed by atoms with Gasteiger partial charge in [-0.15, -0.1) is 0 Å². The SMILES string of the molecule is CCCCCCCCNCCCOc1cccc(C(=O)O)c1. The van der Waals surface area contributed by atoms with E-state index in [4.69, 9.17) is 9.84 Å². The lowest BCUT2D eigenvalue weighted by Crippen LogP contribution is -2.18. The molecule has 0 unspecified atom stereocenters. The van der Waals surface area contributed by atoms with Gasteiger partial charge < -0.3 is 15.2 Å². The van der Waals surface area contributed by atoms with Crippen LogP contribution in [0.1, 0.15) is 62.2 Å². The molecule has 1 aromatic rings. The van der Waals surface area contributed by atoms with Gasteiger partial charge in [-0.25, -0.2) is 4.79 Å². The summed E-state index contributed by atoms with van der Waals surface area (Å²) in [5.74, 6) is -0.304. The number of benzene rings is 1. The first kappa shape index (κ1) is 18.5. The molecule has 124 valence electrons. The molecule has 0 aliphatic rings. The molecule has 0 bridgehead atoms. The maximum absolute atomic E-state index is 10.8. The van der Waals surface area contributed by atoms with Crippen LogP contribution in [0.2, 0.25) is 0 Å². The maximum atomic E-state index is 10.8. The number of ether oxygens (including phenoxy) is 1. The molecule has 0 amide bonds. The molecule has 0 radical (unpaired) electrons. The first-order valence-corrected chi connectivity index (χ1v) is 8.41. The Hall–Kier alpha value is -1.55. The van der Waals surface area contributed by atoms with Crippen LogP contribution in [-0.4, -0.2) is 30.8 Å².